The van der Waals surface area contributed by atoms with Gasteiger partial charge in [0.2, 0.25) is 0 Å². The molecule has 410 valence electrons. The number of carbonyl (C=O) groups is 3. The van der Waals surface area contributed by atoms with Gasteiger partial charge in [-0.25, -0.2) is 9.59 Å². The Bertz CT molecular complexity index is 2160. The van der Waals surface area contributed by atoms with Crippen molar-refractivity contribution in [1.82, 2.24) is 19.6 Å². The summed E-state index contributed by atoms with van der Waals surface area (Å²) in [7, 11) is 0. The molecule has 18 heteroatoms. The van der Waals surface area contributed by atoms with E-state index in [1.54, 1.807) is 21.9 Å². The summed E-state index contributed by atoms with van der Waals surface area (Å²) < 4.78 is 94.2. The number of aryl methyl sites for hydroxylation is 1. The van der Waals surface area contributed by atoms with Crippen molar-refractivity contribution < 1.29 is 59.7 Å². The second kappa shape index (κ2) is 25.1. The van der Waals surface area contributed by atoms with Crippen LogP contribution in [0.1, 0.15) is 128 Å². The van der Waals surface area contributed by atoms with Crippen molar-refractivity contribution in [3.05, 3.63) is 99.6 Å². The maximum atomic E-state index is 12.9. The van der Waals surface area contributed by atoms with E-state index in [0.717, 1.165) is 75.8 Å². The number of likely N-dealkylation sites (tertiary alicyclic amines) is 4. The maximum Gasteiger partial charge on any atom is 0.573 e. The number of Topliss-reactive ketones (excluding diaryl/α,β-unsaturated/α-hetero) is 1. The van der Waals surface area contributed by atoms with Gasteiger partial charge in [-0.1, -0.05) is 36.4 Å². The summed E-state index contributed by atoms with van der Waals surface area (Å²) in [5.74, 6) is -0.459. The van der Waals surface area contributed by atoms with E-state index in [9.17, 15) is 40.7 Å². The van der Waals surface area contributed by atoms with Crippen molar-refractivity contribution in [2.24, 2.45) is 11.8 Å². The molecule has 4 heterocycles. The standard InChI is InChI=1S/C25H35F3N2O3.C24H33F3N2O4.C7H7I/c1-18(19-6-8-21(9-7-19)32-25(26,27)28)20-10-14-30(15-11-20)24(5)12-16-29(17-13-24)22(31)33-23(2,3)4;1-22(2,3)33-21(31)28-15-11-23(4,12-16-28)29-13-9-18(10-14-29)20(30)17-5-7-19(8-6-17)32-24(25,26)27;1-6-3-2-4-7(8)5-6/h6-9,20H,1,10-17H2,2-5H3;5-8,18H,9-16H2,1-4H3;2-5H,1H3. The Labute approximate surface area is 447 Å². The quantitative estimate of drug-likeness (QED) is 0.124. The number of benzene rings is 3. The van der Waals surface area contributed by atoms with E-state index < -0.39 is 23.9 Å². The third-order valence-corrected chi connectivity index (χ3v) is 14.8. The fraction of sp³-hybridized carbons (Fsp3) is 0.589. The zero-order valence-corrected chi connectivity index (χ0v) is 46.6. The van der Waals surface area contributed by atoms with Gasteiger partial charge in [-0.2, -0.15) is 0 Å². The molecule has 4 saturated heterocycles. The smallest absolute Gasteiger partial charge is 0.444 e. The lowest BCUT2D eigenvalue weighted by Gasteiger charge is -2.49. The number of rotatable bonds is 8. The van der Waals surface area contributed by atoms with Crippen molar-refractivity contribution in [2.45, 2.75) is 149 Å². The number of alkyl halides is 6. The number of allylic oxidation sites excluding steroid dienone is 1. The molecule has 2 amide bonds. The fourth-order valence-corrected chi connectivity index (χ4v) is 10.5. The molecule has 3 aromatic carbocycles. The lowest BCUT2D eigenvalue weighted by molar-refractivity contribution is -0.275. The fourth-order valence-electron chi connectivity index (χ4n) is 9.85. The van der Waals surface area contributed by atoms with Crippen molar-refractivity contribution in [3.8, 4) is 11.5 Å². The molecule has 0 aliphatic carbocycles. The molecule has 4 fully saturated rings. The van der Waals surface area contributed by atoms with E-state index in [0.29, 0.717) is 50.5 Å². The Morgan fingerprint density at radius 2 is 0.932 bits per heavy atom. The zero-order valence-electron chi connectivity index (χ0n) is 44.4. The van der Waals surface area contributed by atoms with Gasteiger partial charge in [0.05, 0.1) is 0 Å². The average Bonchev–Trinajstić information content (AvgIpc) is 3.30. The highest BCUT2D eigenvalue weighted by Crippen LogP contribution is 2.38. The molecule has 0 aromatic heterocycles. The molecule has 0 bridgehead atoms. The van der Waals surface area contributed by atoms with Crippen LogP contribution in [-0.4, -0.2) is 125 Å². The first-order valence-corrected chi connectivity index (χ1v) is 26.5. The lowest BCUT2D eigenvalue weighted by atomic mass is 9.81. The first kappa shape index (κ1) is 60.3. The molecule has 4 aliphatic rings. The van der Waals surface area contributed by atoms with Gasteiger partial charge in [-0.05, 0) is 228 Å². The lowest BCUT2D eigenvalue weighted by Crippen LogP contribution is -2.57. The third-order valence-electron chi connectivity index (χ3n) is 14.2. The van der Waals surface area contributed by atoms with Crippen molar-refractivity contribution in [3.63, 3.8) is 0 Å². The highest BCUT2D eigenvalue weighted by molar-refractivity contribution is 14.1. The maximum absolute atomic E-state index is 12.9. The van der Waals surface area contributed by atoms with Gasteiger partial charge < -0.3 is 28.7 Å². The summed E-state index contributed by atoms with van der Waals surface area (Å²) in [6.45, 7) is 28.1. The molecule has 74 heavy (non-hydrogen) atoms. The van der Waals surface area contributed by atoms with Crippen LogP contribution in [0.25, 0.3) is 5.57 Å². The van der Waals surface area contributed by atoms with Crippen LogP contribution in [0.5, 0.6) is 11.5 Å². The number of hydrogen-bond acceptors (Lipinski definition) is 9. The molecular weight excluding hydrogens is 1080 g/mol. The molecule has 0 spiro atoms. The first-order chi connectivity index (χ1) is 34.3. The van der Waals surface area contributed by atoms with Crippen LogP contribution in [0.3, 0.4) is 0 Å². The minimum Gasteiger partial charge on any atom is -0.444 e. The molecule has 0 saturated carbocycles. The van der Waals surface area contributed by atoms with Gasteiger partial charge in [-0.3, -0.25) is 14.6 Å². The number of hydrogen-bond donors (Lipinski definition) is 0. The van der Waals surface area contributed by atoms with Crippen LogP contribution < -0.4 is 9.47 Å². The highest BCUT2D eigenvalue weighted by Gasteiger charge is 2.42. The number of amides is 2. The Kier molecular flexibility index (Phi) is 20.4. The monoisotopic (exact) mass is 1160 g/mol. The largest absolute Gasteiger partial charge is 0.573 e. The van der Waals surface area contributed by atoms with Gasteiger partial charge in [0.15, 0.2) is 5.78 Å². The summed E-state index contributed by atoms with van der Waals surface area (Å²) in [6.07, 6.45) is -3.19. The molecule has 0 unspecified atom stereocenters. The van der Waals surface area contributed by atoms with Crippen LogP contribution in [0.2, 0.25) is 0 Å². The molecule has 11 nitrogen and oxygen atoms in total. The Hall–Kier alpha value is -4.56. The zero-order chi connectivity index (χ0) is 54.9. The molecule has 7 rings (SSSR count). The van der Waals surface area contributed by atoms with E-state index in [-0.39, 0.29) is 46.5 Å². The predicted octanol–water partition coefficient (Wildman–Crippen LogP) is 14.0. The summed E-state index contributed by atoms with van der Waals surface area (Å²) in [4.78, 5) is 46.0. The number of carbonyl (C=O) groups excluding carboxylic acids is 3. The minimum absolute atomic E-state index is 0.0386. The topological polar surface area (TPSA) is 101 Å². The van der Waals surface area contributed by atoms with E-state index in [4.69, 9.17) is 9.47 Å². The second-order valence-electron chi connectivity index (χ2n) is 22.3. The number of ether oxygens (including phenoxy) is 4. The summed E-state index contributed by atoms with van der Waals surface area (Å²) >= 11 is 2.31. The minimum atomic E-state index is -4.75. The average molecular weight is 1160 g/mol. The highest BCUT2D eigenvalue weighted by atomic mass is 127. The van der Waals surface area contributed by atoms with E-state index in [2.05, 4.69) is 93.5 Å². The van der Waals surface area contributed by atoms with E-state index in [1.165, 1.54) is 45.5 Å². The molecule has 0 radical (unpaired) electrons. The van der Waals surface area contributed by atoms with Crippen LogP contribution in [0, 0.1) is 22.3 Å². The molecule has 0 atom stereocenters. The Morgan fingerprint density at radius 1 is 0.568 bits per heavy atom. The SMILES string of the molecule is C=C(c1ccc(OC(F)(F)F)cc1)C1CCN(C2(C)CCN(C(=O)OC(C)(C)C)CC2)CC1.CC(C)(C)OC(=O)N1CCC(C)(N2CCC(C(=O)c3ccc(OC(F)(F)F)cc3)CC2)CC1.Cc1cccc(I)c1. The van der Waals surface area contributed by atoms with Crippen molar-refractivity contribution in [1.29, 1.82) is 0 Å². The Balaban J connectivity index is 0.000000238. The number of nitrogens with zero attached hydrogens (tertiary/aromatic N) is 4. The van der Waals surface area contributed by atoms with E-state index in [1.807, 2.05) is 41.5 Å². The predicted molar refractivity (Wildman–Crippen MR) is 283 cm³/mol. The van der Waals surface area contributed by atoms with Crippen LogP contribution in [0.15, 0.2) is 79.4 Å². The third kappa shape index (κ3) is 18.9. The van der Waals surface area contributed by atoms with Crippen molar-refractivity contribution in [2.75, 3.05) is 52.4 Å². The van der Waals surface area contributed by atoms with Gasteiger partial charge in [0.25, 0.3) is 0 Å². The molecular formula is C56H75F6IN4O7. The van der Waals surface area contributed by atoms with Crippen LogP contribution in [0.4, 0.5) is 35.9 Å². The number of ketones is 1. The summed E-state index contributed by atoms with van der Waals surface area (Å²) in [5.41, 5.74) is 2.53. The molecule has 3 aromatic rings. The van der Waals surface area contributed by atoms with E-state index >= 15 is 0 Å². The van der Waals surface area contributed by atoms with Gasteiger partial charge >= 0.3 is 24.9 Å². The number of piperidine rings is 4. The van der Waals surface area contributed by atoms with Crippen molar-refractivity contribution >= 4 is 46.1 Å². The number of halogens is 7. The first-order valence-electron chi connectivity index (χ1n) is 25.4. The van der Waals surface area contributed by atoms with Crippen LogP contribution in [-0.2, 0) is 9.47 Å². The Morgan fingerprint density at radius 3 is 1.26 bits per heavy atom. The van der Waals surface area contributed by atoms with Gasteiger partial charge in [-0.15, -0.1) is 26.3 Å². The normalized spacial score (nSPS) is 19.2. The molecule has 0 N–H and O–H groups in total. The van der Waals surface area contributed by atoms with Gasteiger partial charge in [0.1, 0.15) is 22.7 Å². The van der Waals surface area contributed by atoms with Gasteiger partial charge in [0, 0.05) is 52.3 Å². The molecule has 4 aliphatic heterocycles. The van der Waals surface area contributed by atoms with Crippen LogP contribution >= 0.6 is 22.6 Å². The second-order valence-corrected chi connectivity index (χ2v) is 23.5. The summed E-state index contributed by atoms with van der Waals surface area (Å²) in [5, 5.41) is 0. The summed E-state index contributed by atoms with van der Waals surface area (Å²) in [6, 6.07) is 19.5.